The number of carbonyl (C=O) groups is 1. The van der Waals surface area contributed by atoms with Gasteiger partial charge in [-0.25, -0.2) is 9.79 Å². The second-order valence-corrected chi connectivity index (χ2v) is 3.62. The molecule has 0 bridgehead atoms. The van der Waals surface area contributed by atoms with E-state index in [4.69, 9.17) is 4.74 Å². The van der Waals surface area contributed by atoms with E-state index in [1.165, 1.54) is 0 Å². The third kappa shape index (κ3) is 2.51. The van der Waals surface area contributed by atoms with Crippen LogP contribution in [0, 0.1) is 0 Å². The molecule has 14 heavy (non-hydrogen) atoms. The summed E-state index contributed by atoms with van der Waals surface area (Å²) < 4.78 is 4.89. The molecule has 0 atom stereocenters. The standard InChI is InChI=1S/C9H14N2O2S/c1-4-13-8(12)7-5-10-9(14-3)11(2)6-7/h5H,4,6H2,1-3H3. The van der Waals surface area contributed by atoms with Gasteiger partial charge in [0.15, 0.2) is 5.17 Å². The maximum Gasteiger partial charge on any atom is 0.337 e. The fourth-order valence-electron chi connectivity index (χ4n) is 1.15. The summed E-state index contributed by atoms with van der Waals surface area (Å²) in [5.41, 5.74) is 0.604. The highest BCUT2D eigenvalue weighted by atomic mass is 32.2. The van der Waals surface area contributed by atoms with Gasteiger partial charge in [-0.1, -0.05) is 11.8 Å². The predicted molar refractivity (Wildman–Crippen MR) is 58.3 cm³/mol. The zero-order chi connectivity index (χ0) is 10.6. The lowest BCUT2D eigenvalue weighted by Gasteiger charge is -2.23. The Bertz CT molecular complexity index is 287. The van der Waals surface area contributed by atoms with Crippen molar-refractivity contribution in [3.05, 3.63) is 11.8 Å². The molecule has 78 valence electrons. The van der Waals surface area contributed by atoms with Crippen molar-refractivity contribution in [3.63, 3.8) is 0 Å². The van der Waals surface area contributed by atoms with Crippen LogP contribution in [-0.4, -0.2) is 42.5 Å². The molecular weight excluding hydrogens is 200 g/mol. The number of thioether (sulfide) groups is 1. The molecule has 1 heterocycles. The summed E-state index contributed by atoms with van der Waals surface area (Å²) in [5, 5.41) is 0.915. The summed E-state index contributed by atoms with van der Waals surface area (Å²) in [6, 6.07) is 0. The van der Waals surface area contributed by atoms with Crippen LogP contribution in [0.3, 0.4) is 0 Å². The molecule has 0 fully saturated rings. The fourth-order valence-corrected chi connectivity index (χ4v) is 1.68. The van der Waals surface area contributed by atoms with Crippen molar-refractivity contribution in [2.45, 2.75) is 6.92 Å². The van der Waals surface area contributed by atoms with Crippen LogP contribution in [0.15, 0.2) is 16.8 Å². The smallest absolute Gasteiger partial charge is 0.337 e. The highest BCUT2D eigenvalue weighted by Crippen LogP contribution is 2.13. The zero-order valence-electron chi connectivity index (χ0n) is 8.61. The minimum Gasteiger partial charge on any atom is -0.463 e. The van der Waals surface area contributed by atoms with E-state index in [0.29, 0.717) is 18.7 Å². The van der Waals surface area contributed by atoms with Crippen LogP contribution in [0.1, 0.15) is 6.92 Å². The minimum atomic E-state index is -0.275. The lowest BCUT2D eigenvalue weighted by atomic mass is 10.2. The van der Waals surface area contributed by atoms with E-state index < -0.39 is 0 Å². The molecule has 0 aromatic heterocycles. The summed E-state index contributed by atoms with van der Waals surface area (Å²) >= 11 is 1.56. The van der Waals surface area contributed by atoms with Crippen molar-refractivity contribution < 1.29 is 9.53 Å². The first kappa shape index (κ1) is 11.1. The molecule has 0 aromatic carbocycles. The van der Waals surface area contributed by atoms with Gasteiger partial charge in [0.25, 0.3) is 0 Å². The number of hydrogen-bond acceptors (Lipinski definition) is 5. The van der Waals surface area contributed by atoms with E-state index in [2.05, 4.69) is 4.99 Å². The van der Waals surface area contributed by atoms with Crippen LogP contribution in [0.25, 0.3) is 0 Å². The number of hydrogen-bond donors (Lipinski definition) is 0. The lowest BCUT2D eigenvalue weighted by molar-refractivity contribution is -0.138. The molecule has 0 amide bonds. The van der Waals surface area contributed by atoms with Crippen LogP contribution in [0.5, 0.6) is 0 Å². The molecule has 0 aromatic rings. The first-order valence-electron chi connectivity index (χ1n) is 4.38. The molecular formula is C9H14N2O2S. The van der Waals surface area contributed by atoms with Crippen LogP contribution in [0.4, 0.5) is 0 Å². The van der Waals surface area contributed by atoms with Crippen molar-refractivity contribution in [1.29, 1.82) is 0 Å². The highest BCUT2D eigenvalue weighted by molar-refractivity contribution is 8.13. The summed E-state index contributed by atoms with van der Waals surface area (Å²) in [5.74, 6) is -0.275. The summed E-state index contributed by atoms with van der Waals surface area (Å²) in [6.07, 6.45) is 3.54. The number of ether oxygens (including phenoxy) is 1. The van der Waals surface area contributed by atoms with Gasteiger partial charge in [0.05, 0.1) is 18.7 Å². The van der Waals surface area contributed by atoms with E-state index in [1.807, 2.05) is 18.2 Å². The van der Waals surface area contributed by atoms with E-state index in [-0.39, 0.29) is 5.97 Å². The minimum absolute atomic E-state index is 0.275. The first-order valence-corrected chi connectivity index (χ1v) is 5.60. The average Bonchev–Trinajstić information content (AvgIpc) is 2.18. The van der Waals surface area contributed by atoms with Gasteiger partial charge in [0.2, 0.25) is 0 Å². The molecule has 0 unspecified atom stereocenters. The van der Waals surface area contributed by atoms with Crippen molar-refractivity contribution >= 4 is 22.9 Å². The molecule has 1 aliphatic rings. The Labute approximate surface area is 88.0 Å². The van der Waals surface area contributed by atoms with Gasteiger partial charge in [0.1, 0.15) is 0 Å². The van der Waals surface area contributed by atoms with Crippen LogP contribution < -0.4 is 0 Å². The van der Waals surface area contributed by atoms with Gasteiger partial charge in [-0.2, -0.15) is 0 Å². The number of esters is 1. The number of rotatable bonds is 2. The normalized spacial score (nSPS) is 16.1. The van der Waals surface area contributed by atoms with Crippen molar-refractivity contribution in [2.24, 2.45) is 4.99 Å². The van der Waals surface area contributed by atoms with Gasteiger partial charge in [-0.05, 0) is 13.2 Å². The topological polar surface area (TPSA) is 41.9 Å². The average molecular weight is 214 g/mol. The molecule has 1 rings (SSSR count). The predicted octanol–water partition coefficient (Wildman–Crippen LogP) is 1.10. The summed E-state index contributed by atoms with van der Waals surface area (Å²) in [7, 11) is 1.90. The number of aliphatic imine (C=N–C) groups is 1. The Morgan fingerprint density at radius 3 is 3.00 bits per heavy atom. The Hall–Kier alpha value is -0.970. The van der Waals surface area contributed by atoms with E-state index in [0.717, 1.165) is 5.17 Å². The fraction of sp³-hybridized carbons (Fsp3) is 0.556. The van der Waals surface area contributed by atoms with Gasteiger partial charge in [-0.15, -0.1) is 0 Å². The Morgan fingerprint density at radius 2 is 2.50 bits per heavy atom. The van der Waals surface area contributed by atoms with E-state index in [1.54, 1.807) is 24.9 Å². The molecule has 1 aliphatic heterocycles. The maximum atomic E-state index is 11.3. The Morgan fingerprint density at radius 1 is 1.79 bits per heavy atom. The van der Waals surface area contributed by atoms with Gasteiger partial charge < -0.3 is 9.64 Å². The zero-order valence-corrected chi connectivity index (χ0v) is 9.43. The van der Waals surface area contributed by atoms with Crippen molar-refractivity contribution in [2.75, 3.05) is 26.5 Å². The van der Waals surface area contributed by atoms with E-state index in [9.17, 15) is 4.79 Å². The quantitative estimate of drug-likeness (QED) is 0.645. The van der Waals surface area contributed by atoms with Crippen LogP contribution in [0.2, 0.25) is 0 Å². The van der Waals surface area contributed by atoms with Crippen molar-refractivity contribution in [3.8, 4) is 0 Å². The lowest BCUT2D eigenvalue weighted by Crippen LogP contribution is -2.31. The largest absolute Gasteiger partial charge is 0.463 e. The van der Waals surface area contributed by atoms with E-state index >= 15 is 0 Å². The third-order valence-corrected chi connectivity index (χ3v) is 2.57. The third-order valence-electron chi connectivity index (χ3n) is 1.79. The summed E-state index contributed by atoms with van der Waals surface area (Å²) in [6.45, 7) is 2.76. The second kappa shape index (κ2) is 5.05. The Balaban J connectivity index is 2.70. The molecule has 0 saturated heterocycles. The Kier molecular flexibility index (Phi) is 4.00. The highest BCUT2D eigenvalue weighted by Gasteiger charge is 2.18. The molecule has 0 N–H and O–H groups in total. The molecule has 4 nitrogen and oxygen atoms in total. The molecule has 0 saturated carbocycles. The first-order chi connectivity index (χ1) is 6.69. The molecule has 0 spiro atoms. The molecule has 5 heteroatoms. The van der Waals surface area contributed by atoms with Gasteiger partial charge >= 0.3 is 5.97 Å². The van der Waals surface area contributed by atoms with Gasteiger partial charge in [-0.3, -0.25) is 0 Å². The number of nitrogens with zero attached hydrogens (tertiary/aromatic N) is 2. The number of amidine groups is 1. The monoisotopic (exact) mass is 214 g/mol. The molecule has 0 aliphatic carbocycles. The van der Waals surface area contributed by atoms with Crippen LogP contribution >= 0.6 is 11.8 Å². The van der Waals surface area contributed by atoms with Crippen molar-refractivity contribution in [1.82, 2.24) is 4.90 Å². The molecule has 0 radical (unpaired) electrons. The van der Waals surface area contributed by atoms with Crippen LogP contribution in [-0.2, 0) is 9.53 Å². The van der Waals surface area contributed by atoms with Gasteiger partial charge in [0, 0.05) is 13.2 Å². The second-order valence-electron chi connectivity index (χ2n) is 2.85. The summed E-state index contributed by atoms with van der Waals surface area (Å²) in [4.78, 5) is 17.4. The number of carbonyl (C=O) groups excluding carboxylic acids is 1. The number of likely N-dealkylation sites (N-methyl/N-ethyl adjacent to an activating group) is 1. The SMILES string of the molecule is CCOC(=O)C1=CN=C(SC)N(C)C1. The maximum absolute atomic E-state index is 11.3.